The number of amides is 1. The summed E-state index contributed by atoms with van der Waals surface area (Å²) >= 11 is 9.06. The Morgan fingerprint density at radius 3 is 2.92 bits per heavy atom. The summed E-state index contributed by atoms with van der Waals surface area (Å²) in [5.74, 6) is -0.229. The van der Waals surface area contributed by atoms with E-state index in [0.29, 0.717) is 10.4 Å². The normalized spacial score (nSPS) is 13.7. The van der Waals surface area contributed by atoms with Gasteiger partial charge in [-0.05, 0) is 12.1 Å². The number of halogens is 2. The van der Waals surface area contributed by atoms with Crippen LogP contribution in [-0.2, 0) is 4.79 Å². The first-order valence-electron chi connectivity index (χ1n) is 3.26. The molecule has 0 saturated carbocycles. The van der Waals surface area contributed by atoms with Gasteiger partial charge in [-0.15, -0.1) is 0 Å². The molecule has 12 heavy (non-hydrogen) atoms. The van der Waals surface area contributed by atoms with Gasteiger partial charge in [0.2, 0.25) is 0 Å². The van der Waals surface area contributed by atoms with E-state index in [2.05, 4.69) is 20.9 Å². The lowest BCUT2D eigenvalue weighted by molar-refractivity contribution is -0.112. The third kappa shape index (κ3) is 1.19. The number of carbonyl (C=O) groups is 1. The number of fused-ring (bicyclic) bond motifs is 1. The van der Waals surface area contributed by atoms with E-state index in [4.69, 9.17) is 11.6 Å². The SMILES string of the molecule is O=C1C=c2c(Br)cc(Cl)cc2=N1. The molecule has 0 aliphatic carbocycles. The van der Waals surface area contributed by atoms with Crippen LogP contribution in [0.3, 0.4) is 0 Å². The molecule has 2 nitrogen and oxygen atoms in total. The molecule has 4 heteroatoms. The Hall–Kier alpha value is -0.670. The molecule has 0 fully saturated rings. The van der Waals surface area contributed by atoms with Crippen LogP contribution in [0, 0.1) is 0 Å². The van der Waals surface area contributed by atoms with Crippen LogP contribution in [0.15, 0.2) is 21.6 Å². The van der Waals surface area contributed by atoms with Crippen molar-refractivity contribution < 1.29 is 4.79 Å². The topological polar surface area (TPSA) is 29.4 Å². The predicted octanol–water partition coefficient (Wildman–Crippen LogP) is 1.04. The molecule has 0 bridgehead atoms. The van der Waals surface area contributed by atoms with E-state index < -0.39 is 0 Å². The Morgan fingerprint density at radius 2 is 2.17 bits per heavy atom. The zero-order valence-corrected chi connectivity index (χ0v) is 8.19. The fraction of sp³-hybridized carbons (Fsp3) is 0. The smallest absolute Gasteiger partial charge is 0.267 e. The molecule has 1 heterocycles. The Balaban J connectivity index is 2.95. The highest BCUT2D eigenvalue weighted by Crippen LogP contribution is 2.10. The van der Waals surface area contributed by atoms with E-state index in [-0.39, 0.29) is 5.91 Å². The van der Waals surface area contributed by atoms with Crippen LogP contribution in [0.25, 0.3) is 6.08 Å². The molecule has 0 N–H and O–H groups in total. The third-order valence-electron chi connectivity index (χ3n) is 1.57. The molecule has 1 aromatic rings. The van der Waals surface area contributed by atoms with Gasteiger partial charge in [-0.1, -0.05) is 27.5 Å². The minimum atomic E-state index is -0.229. The van der Waals surface area contributed by atoms with Gasteiger partial charge in [-0.25, -0.2) is 4.99 Å². The number of benzene rings is 1. The van der Waals surface area contributed by atoms with E-state index in [1.807, 2.05) is 0 Å². The molecule has 1 aliphatic rings. The Kier molecular flexibility index (Phi) is 1.77. The second-order valence-electron chi connectivity index (χ2n) is 2.41. The minimum absolute atomic E-state index is 0.229. The van der Waals surface area contributed by atoms with Crippen molar-refractivity contribution in [1.29, 1.82) is 0 Å². The first-order valence-corrected chi connectivity index (χ1v) is 4.43. The summed E-state index contributed by atoms with van der Waals surface area (Å²) in [5.41, 5.74) is 0. The molecular weight excluding hydrogens is 241 g/mol. The molecule has 0 atom stereocenters. The second kappa shape index (κ2) is 2.68. The van der Waals surface area contributed by atoms with E-state index in [0.717, 1.165) is 9.69 Å². The van der Waals surface area contributed by atoms with Gasteiger partial charge in [-0.2, -0.15) is 0 Å². The minimum Gasteiger partial charge on any atom is -0.267 e. The summed E-state index contributed by atoms with van der Waals surface area (Å²) in [4.78, 5) is 14.6. The highest BCUT2D eigenvalue weighted by atomic mass is 79.9. The Bertz CT molecular complexity index is 481. The standard InChI is InChI=1S/C8H3BrClNO/c9-6-1-4(10)2-7-5(6)3-8(12)11-7/h1-3H. The first kappa shape index (κ1) is 7.95. The number of carbonyl (C=O) groups excluding carboxylic acids is 1. The van der Waals surface area contributed by atoms with Gasteiger partial charge in [0.25, 0.3) is 5.91 Å². The maximum absolute atomic E-state index is 10.9. The van der Waals surface area contributed by atoms with Crippen molar-refractivity contribution in [3.63, 3.8) is 0 Å². The zero-order chi connectivity index (χ0) is 8.72. The highest BCUT2D eigenvalue weighted by Gasteiger charge is 2.06. The quantitative estimate of drug-likeness (QED) is 0.671. The first-order chi connectivity index (χ1) is 5.66. The molecule has 0 spiro atoms. The average Bonchev–Trinajstić information content (AvgIpc) is 2.29. The van der Waals surface area contributed by atoms with Crippen molar-refractivity contribution in [2.45, 2.75) is 0 Å². The van der Waals surface area contributed by atoms with Crippen molar-refractivity contribution in [2.75, 3.05) is 0 Å². The number of rotatable bonds is 0. The van der Waals surface area contributed by atoms with Crippen LogP contribution >= 0.6 is 27.5 Å². The van der Waals surface area contributed by atoms with Gasteiger partial charge in [0.15, 0.2) is 0 Å². The lowest BCUT2D eigenvalue weighted by atomic mass is 10.3. The molecule has 0 radical (unpaired) electrons. The largest absolute Gasteiger partial charge is 0.270 e. The van der Waals surface area contributed by atoms with Crippen molar-refractivity contribution in [3.8, 4) is 0 Å². The highest BCUT2D eigenvalue weighted by molar-refractivity contribution is 9.10. The van der Waals surface area contributed by atoms with Gasteiger partial charge in [0.1, 0.15) is 0 Å². The predicted molar refractivity (Wildman–Crippen MR) is 49.4 cm³/mol. The van der Waals surface area contributed by atoms with Gasteiger partial charge in [0.05, 0.1) is 5.36 Å². The van der Waals surface area contributed by atoms with Gasteiger partial charge >= 0.3 is 0 Å². The molecule has 60 valence electrons. The van der Waals surface area contributed by atoms with Crippen LogP contribution < -0.4 is 10.6 Å². The summed E-state index contributed by atoms with van der Waals surface area (Å²) < 4.78 is 0.805. The van der Waals surface area contributed by atoms with Gasteiger partial charge in [-0.3, -0.25) is 4.79 Å². The Labute approximate surface area is 81.7 Å². The number of hydrogen-bond acceptors (Lipinski definition) is 1. The number of nitrogens with zero attached hydrogens (tertiary/aromatic N) is 1. The summed E-state index contributed by atoms with van der Waals surface area (Å²) in [7, 11) is 0. The van der Waals surface area contributed by atoms with Crippen molar-refractivity contribution in [3.05, 3.63) is 32.2 Å². The molecule has 0 aromatic heterocycles. The molecular formula is C8H3BrClNO. The van der Waals surface area contributed by atoms with E-state index in [1.165, 1.54) is 6.08 Å². The van der Waals surface area contributed by atoms with Crippen LogP contribution in [0.4, 0.5) is 0 Å². The van der Waals surface area contributed by atoms with Gasteiger partial charge in [0, 0.05) is 20.8 Å². The van der Waals surface area contributed by atoms with E-state index >= 15 is 0 Å². The van der Waals surface area contributed by atoms with Crippen molar-refractivity contribution in [2.24, 2.45) is 4.99 Å². The van der Waals surface area contributed by atoms with Crippen molar-refractivity contribution in [1.82, 2.24) is 0 Å². The molecule has 1 aromatic carbocycles. The fourth-order valence-electron chi connectivity index (χ4n) is 1.08. The fourth-order valence-corrected chi connectivity index (χ4v) is 1.99. The third-order valence-corrected chi connectivity index (χ3v) is 2.45. The maximum Gasteiger partial charge on any atom is 0.270 e. The zero-order valence-electron chi connectivity index (χ0n) is 5.84. The van der Waals surface area contributed by atoms with Crippen LogP contribution in [0.2, 0.25) is 5.02 Å². The van der Waals surface area contributed by atoms with Crippen LogP contribution in [-0.4, -0.2) is 5.91 Å². The molecule has 0 saturated heterocycles. The molecule has 2 rings (SSSR count). The summed E-state index contributed by atoms with van der Waals surface area (Å²) in [6.45, 7) is 0. The second-order valence-corrected chi connectivity index (χ2v) is 3.71. The van der Waals surface area contributed by atoms with E-state index in [1.54, 1.807) is 12.1 Å². The van der Waals surface area contributed by atoms with Crippen molar-refractivity contribution >= 4 is 39.5 Å². The Morgan fingerprint density at radius 1 is 1.42 bits per heavy atom. The number of hydrogen-bond donors (Lipinski definition) is 0. The summed E-state index contributed by atoms with van der Waals surface area (Å²) in [6.07, 6.45) is 1.48. The van der Waals surface area contributed by atoms with E-state index in [9.17, 15) is 4.79 Å². The summed E-state index contributed by atoms with van der Waals surface area (Å²) in [5, 5.41) is 2.02. The lowest BCUT2D eigenvalue weighted by Crippen LogP contribution is -2.22. The average molecular weight is 244 g/mol. The monoisotopic (exact) mass is 243 g/mol. The van der Waals surface area contributed by atoms with Gasteiger partial charge < -0.3 is 0 Å². The molecule has 0 unspecified atom stereocenters. The summed E-state index contributed by atoms with van der Waals surface area (Å²) in [6, 6.07) is 3.41. The van der Waals surface area contributed by atoms with Crippen LogP contribution in [0.1, 0.15) is 0 Å². The molecule has 1 aliphatic heterocycles. The van der Waals surface area contributed by atoms with Crippen LogP contribution in [0.5, 0.6) is 0 Å². The lowest BCUT2D eigenvalue weighted by Gasteiger charge is -1.90. The maximum atomic E-state index is 10.9. The molecule has 1 amide bonds.